The molecule has 0 spiro atoms. The average molecular weight is 691 g/mol. The summed E-state index contributed by atoms with van der Waals surface area (Å²) in [5.41, 5.74) is 3.55. The first-order valence-electron chi connectivity index (χ1n) is 19.9. The van der Waals surface area contributed by atoms with Crippen molar-refractivity contribution in [1.29, 1.82) is 0 Å². The van der Waals surface area contributed by atoms with Gasteiger partial charge in [-0.3, -0.25) is 0 Å². The summed E-state index contributed by atoms with van der Waals surface area (Å²) in [4.78, 5) is 11.8. The molecule has 1 aromatic carbocycles. The van der Waals surface area contributed by atoms with E-state index in [1.54, 1.807) is 17.7 Å². The predicted molar refractivity (Wildman–Crippen MR) is 197 cm³/mol. The number of carbonyl (C=O) groups excluding carboxylic acids is 1. The Bertz CT molecular complexity index is 1480. The van der Waals surface area contributed by atoms with Crippen molar-refractivity contribution in [3.05, 3.63) is 41.5 Å². The largest absolute Gasteiger partial charge is 0.494 e. The molecule has 1 aliphatic heterocycles. The number of rotatable bonds is 7. The molecule has 1 aromatic rings. The van der Waals surface area contributed by atoms with Crippen molar-refractivity contribution in [2.75, 3.05) is 26.9 Å². The molecular formula is C44H66O6. The van der Waals surface area contributed by atoms with Crippen molar-refractivity contribution < 1.29 is 28.5 Å². The second-order valence-electron chi connectivity index (χ2n) is 19.8. The van der Waals surface area contributed by atoms with E-state index in [1.165, 1.54) is 52.1 Å². The van der Waals surface area contributed by atoms with Crippen LogP contribution in [-0.4, -0.2) is 50.9 Å². The summed E-state index contributed by atoms with van der Waals surface area (Å²) in [5.74, 6) is 1.82. The summed E-state index contributed by atoms with van der Waals surface area (Å²) < 4.78 is 30.8. The lowest BCUT2D eigenvalue weighted by Crippen LogP contribution is -2.68. The highest BCUT2D eigenvalue weighted by Gasteiger charge is 2.70. The van der Waals surface area contributed by atoms with E-state index in [9.17, 15) is 4.79 Å². The van der Waals surface area contributed by atoms with Gasteiger partial charge in [0, 0.05) is 17.3 Å². The van der Waals surface area contributed by atoms with Crippen molar-refractivity contribution in [3.8, 4) is 5.75 Å². The molecule has 1 heterocycles. The van der Waals surface area contributed by atoms with Crippen LogP contribution in [0.1, 0.15) is 137 Å². The van der Waals surface area contributed by atoms with Gasteiger partial charge in [0.2, 0.25) is 0 Å². The van der Waals surface area contributed by atoms with Gasteiger partial charge in [0.15, 0.2) is 5.79 Å². The predicted octanol–water partition coefficient (Wildman–Crippen LogP) is 10.2. The lowest BCUT2D eigenvalue weighted by molar-refractivity contribution is -0.351. The second kappa shape index (κ2) is 12.3. The second-order valence-corrected chi connectivity index (χ2v) is 19.8. The van der Waals surface area contributed by atoms with Gasteiger partial charge in [-0.15, -0.1) is 0 Å². The first-order valence-corrected chi connectivity index (χ1v) is 19.9. The Hall–Kier alpha value is -1.89. The van der Waals surface area contributed by atoms with E-state index >= 15 is 0 Å². The van der Waals surface area contributed by atoms with E-state index < -0.39 is 5.79 Å². The molecule has 0 aromatic heterocycles. The molecule has 10 atom stereocenters. The summed E-state index contributed by atoms with van der Waals surface area (Å²) in [7, 11) is 1.40. The molecule has 0 bridgehead atoms. The van der Waals surface area contributed by atoms with Crippen LogP contribution in [0, 0.1) is 50.2 Å². The number of esters is 1. The maximum Gasteiger partial charge on any atom is 0.337 e. The SMILES string of the molecule is COC(=O)c1ccc(OCCCO[C@@H]2CC(C)(C)C[C@@H]3C4=CC[C@@H]5[C@@]6(C)CCC7OC(C)(C)OCC7(C)C6CC[C@@]5(C)[C@]4(C)CC[C@]32C)cc1. The molecule has 6 aliphatic rings. The summed E-state index contributed by atoms with van der Waals surface area (Å²) in [6, 6.07) is 7.17. The van der Waals surface area contributed by atoms with Crippen molar-refractivity contribution in [2.24, 2.45) is 50.2 Å². The Labute approximate surface area is 302 Å². The minimum atomic E-state index is -0.476. The monoisotopic (exact) mass is 690 g/mol. The molecule has 4 saturated carbocycles. The summed E-state index contributed by atoms with van der Waals surface area (Å²) in [6.45, 7) is 24.4. The third kappa shape index (κ3) is 5.63. The van der Waals surface area contributed by atoms with Crippen molar-refractivity contribution in [3.63, 3.8) is 0 Å². The molecule has 50 heavy (non-hydrogen) atoms. The number of methoxy groups -OCH3 is 1. The molecule has 1 saturated heterocycles. The number of fused-ring (bicyclic) bond motifs is 9. The molecule has 6 nitrogen and oxygen atoms in total. The molecule has 3 unspecified atom stereocenters. The minimum absolute atomic E-state index is 0.0814. The number of hydrogen-bond acceptors (Lipinski definition) is 6. The molecule has 278 valence electrons. The standard InChI is InChI=1S/C44H66O6/c1-38(2)26-32-31-16-17-34-41(6)20-19-35-42(7,28-49-39(3,4)50-35)33(41)18-21-44(34,9)43(31,8)23-22-40(32,5)36(27-38)48-25-11-24-47-30-14-12-29(13-15-30)37(45)46-10/h12-16,32-36H,11,17-28H2,1-10H3/t32-,33?,34-,35?,36-,40-,41+,42?,43-,44-/m1/s1. The molecule has 0 amide bonds. The first kappa shape index (κ1) is 36.5. The van der Waals surface area contributed by atoms with Crippen LogP contribution >= 0.6 is 0 Å². The Balaban J connectivity index is 1.07. The van der Waals surface area contributed by atoms with Crippen molar-refractivity contribution in [1.82, 2.24) is 0 Å². The van der Waals surface area contributed by atoms with Crippen LogP contribution in [0.5, 0.6) is 5.75 Å². The van der Waals surface area contributed by atoms with Gasteiger partial charge in [-0.2, -0.15) is 0 Å². The van der Waals surface area contributed by atoms with Crippen LogP contribution in [-0.2, 0) is 18.9 Å². The third-order valence-electron chi connectivity index (χ3n) is 16.1. The fourth-order valence-electron chi connectivity index (χ4n) is 13.1. The van der Waals surface area contributed by atoms with Crippen molar-refractivity contribution in [2.45, 2.75) is 145 Å². The zero-order valence-corrected chi connectivity index (χ0v) is 32.9. The fourth-order valence-corrected chi connectivity index (χ4v) is 13.1. The Kier molecular flexibility index (Phi) is 9.00. The van der Waals surface area contributed by atoms with Gasteiger partial charge in [-0.1, -0.05) is 60.1 Å². The Morgan fingerprint density at radius 2 is 1.56 bits per heavy atom. The van der Waals surface area contributed by atoms with Gasteiger partial charge >= 0.3 is 5.97 Å². The number of allylic oxidation sites excluding steroid dienone is 2. The topological polar surface area (TPSA) is 63.2 Å². The molecular weight excluding hydrogens is 624 g/mol. The molecule has 0 radical (unpaired) electrons. The Morgan fingerprint density at radius 1 is 0.820 bits per heavy atom. The highest BCUT2D eigenvalue weighted by Crippen LogP contribution is 2.76. The fraction of sp³-hybridized carbons (Fsp3) is 0.795. The zero-order valence-electron chi connectivity index (χ0n) is 32.9. The van der Waals surface area contributed by atoms with Gasteiger partial charge in [-0.05, 0) is 135 Å². The minimum Gasteiger partial charge on any atom is -0.494 e. The van der Waals surface area contributed by atoms with Crippen LogP contribution in [0.25, 0.3) is 0 Å². The van der Waals surface area contributed by atoms with Gasteiger partial charge in [0.25, 0.3) is 0 Å². The quantitative estimate of drug-likeness (QED) is 0.161. The first-order chi connectivity index (χ1) is 23.4. The van der Waals surface area contributed by atoms with E-state index in [0.717, 1.165) is 31.6 Å². The zero-order chi connectivity index (χ0) is 36.0. The summed E-state index contributed by atoms with van der Waals surface area (Å²) in [5, 5.41) is 0. The smallest absolute Gasteiger partial charge is 0.337 e. The number of carbonyl (C=O) groups is 1. The Morgan fingerprint density at radius 3 is 2.28 bits per heavy atom. The average Bonchev–Trinajstić information content (AvgIpc) is 3.06. The lowest BCUT2D eigenvalue weighted by atomic mass is 9.33. The molecule has 5 aliphatic carbocycles. The normalized spacial score (nSPS) is 44.3. The van der Waals surface area contributed by atoms with Crippen molar-refractivity contribution >= 4 is 5.97 Å². The molecule has 7 rings (SSSR count). The van der Waals surface area contributed by atoms with Crippen LogP contribution in [0.2, 0.25) is 0 Å². The van der Waals surface area contributed by atoms with Gasteiger partial charge in [0.1, 0.15) is 5.75 Å². The highest BCUT2D eigenvalue weighted by molar-refractivity contribution is 5.89. The van der Waals surface area contributed by atoms with Crippen LogP contribution in [0.15, 0.2) is 35.9 Å². The highest BCUT2D eigenvalue weighted by atomic mass is 16.7. The summed E-state index contributed by atoms with van der Waals surface area (Å²) >= 11 is 0. The third-order valence-corrected chi connectivity index (χ3v) is 16.1. The lowest BCUT2D eigenvalue weighted by Gasteiger charge is -2.72. The summed E-state index contributed by atoms with van der Waals surface area (Å²) in [6.07, 6.45) is 15.2. The van der Waals surface area contributed by atoms with Gasteiger partial charge in [0.05, 0.1) is 44.7 Å². The van der Waals surface area contributed by atoms with E-state index in [4.69, 9.17) is 23.7 Å². The number of ether oxygens (including phenoxy) is 5. The molecule has 5 fully saturated rings. The molecule has 0 N–H and O–H groups in total. The van der Waals surface area contributed by atoms with E-state index in [1.807, 2.05) is 12.1 Å². The number of hydrogen-bond donors (Lipinski definition) is 0. The van der Waals surface area contributed by atoms with Gasteiger partial charge in [-0.25, -0.2) is 4.79 Å². The van der Waals surface area contributed by atoms with E-state index in [2.05, 4.69) is 68.4 Å². The molecule has 6 heteroatoms. The maximum atomic E-state index is 11.8. The van der Waals surface area contributed by atoms with Crippen LogP contribution < -0.4 is 4.74 Å². The van der Waals surface area contributed by atoms with E-state index in [0.29, 0.717) is 48.0 Å². The van der Waals surface area contributed by atoms with Crippen LogP contribution in [0.4, 0.5) is 0 Å². The van der Waals surface area contributed by atoms with E-state index in [-0.39, 0.29) is 39.1 Å². The number of benzene rings is 1. The van der Waals surface area contributed by atoms with Crippen LogP contribution in [0.3, 0.4) is 0 Å². The van der Waals surface area contributed by atoms with Gasteiger partial charge < -0.3 is 23.7 Å². The maximum absolute atomic E-state index is 11.8.